The van der Waals surface area contributed by atoms with Crippen molar-refractivity contribution in [1.29, 1.82) is 0 Å². The van der Waals surface area contributed by atoms with Gasteiger partial charge in [0.2, 0.25) is 5.91 Å². The number of nitrogens with zero attached hydrogens (tertiary/aromatic N) is 1. The number of rotatable bonds is 2. The van der Waals surface area contributed by atoms with Crippen LogP contribution in [0.2, 0.25) is 0 Å². The van der Waals surface area contributed by atoms with Crippen molar-refractivity contribution in [3.05, 3.63) is 29.3 Å². The van der Waals surface area contributed by atoms with Crippen LogP contribution >= 0.6 is 0 Å². The van der Waals surface area contributed by atoms with E-state index in [2.05, 4.69) is 0 Å². The molecule has 22 heavy (non-hydrogen) atoms. The highest BCUT2D eigenvalue weighted by Crippen LogP contribution is 2.58. The fourth-order valence-electron chi connectivity index (χ4n) is 5.01. The second-order valence-electron chi connectivity index (χ2n) is 7.06. The molecule has 0 N–H and O–H groups in total. The predicted octanol–water partition coefficient (Wildman–Crippen LogP) is 2.46. The molecule has 4 nitrogen and oxygen atoms in total. The fourth-order valence-corrected chi connectivity index (χ4v) is 5.01. The smallest absolute Gasteiger partial charge is 0.310 e. The molecule has 1 aliphatic heterocycles. The molecule has 0 aromatic heterocycles. The second kappa shape index (κ2) is 4.58. The minimum Gasteiger partial charge on any atom is -0.462 e. The number of esters is 1. The lowest BCUT2D eigenvalue weighted by molar-refractivity contribution is -0.145. The van der Waals surface area contributed by atoms with E-state index in [9.17, 15) is 9.59 Å². The third-order valence-corrected chi connectivity index (χ3v) is 5.87. The van der Waals surface area contributed by atoms with Gasteiger partial charge in [-0.15, -0.1) is 0 Å². The SMILES string of the molecule is Cc1cccc(C)c1N(C)C(=O)[C@@H]1[C@H]2C[C@H]3[C@@H]1C(=O)O[C@H]3C2. The minimum absolute atomic E-state index is 0.0761. The normalized spacial score (nSPS) is 34.9. The van der Waals surface area contributed by atoms with Crippen LogP contribution in [0.25, 0.3) is 0 Å². The molecule has 116 valence electrons. The van der Waals surface area contributed by atoms with E-state index in [0.29, 0.717) is 5.92 Å². The third kappa shape index (κ3) is 1.70. The Morgan fingerprint density at radius 2 is 1.91 bits per heavy atom. The first-order valence-electron chi connectivity index (χ1n) is 8.03. The predicted molar refractivity (Wildman–Crippen MR) is 82.4 cm³/mol. The molecule has 0 radical (unpaired) electrons. The average molecular weight is 299 g/mol. The molecule has 2 aliphatic carbocycles. The maximum absolute atomic E-state index is 13.1. The Morgan fingerprint density at radius 3 is 2.59 bits per heavy atom. The Morgan fingerprint density at radius 1 is 1.23 bits per heavy atom. The molecule has 2 saturated carbocycles. The number of para-hydroxylation sites is 1. The lowest BCUT2D eigenvalue weighted by atomic mass is 9.79. The van der Waals surface area contributed by atoms with Crippen LogP contribution in [-0.2, 0) is 14.3 Å². The summed E-state index contributed by atoms with van der Waals surface area (Å²) in [5.74, 6) is 0.113. The largest absolute Gasteiger partial charge is 0.462 e. The zero-order valence-electron chi connectivity index (χ0n) is 13.2. The summed E-state index contributed by atoms with van der Waals surface area (Å²) < 4.78 is 5.44. The first-order chi connectivity index (χ1) is 10.5. The van der Waals surface area contributed by atoms with Gasteiger partial charge in [-0.3, -0.25) is 9.59 Å². The van der Waals surface area contributed by atoms with Gasteiger partial charge in [-0.1, -0.05) is 18.2 Å². The number of aryl methyl sites for hydroxylation is 2. The maximum Gasteiger partial charge on any atom is 0.310 e. The molecular formula is C18H21NO3. The van der Waals surface area contributed by atoms with Crippen LogP contribution in [0, 0.1) is 37.5 Å². The molecule has 1 saturated heterocycles. The van der Waals surface area contributed by atoms with Crippen LogP contribution in [0.1, 0.15) is 24.0 Å². The maximum atomic E-state index is 13.1. The summed E-state index contributed by atoms with van der Waals surface area (Å²) in [6.45, 7) is 4.04. The summed E-state index contributed by atoms with van der Waals surface area (Å²) >= 11 is 0. The number of amides is 1. The van der Waals surface area contributed by atoms with E-state index in [1.165, 1.54) is 0 Å². The molecule has 3 aliphatic rings. The van der Waals surface area contributed by atoms with Gasteiger partial charge in [0.05, 0.1) is 11.8 Å². The number of ether oxygens (including phenoxy) is 1. The number of carbonyl (C=O) groups is 2. The Balaban J connectivity index is 1.66. The van der Waals surface area contributed by atoms with Crippen LogP contribution in [0.4, 0.5) is 5.69 Å². The van der Waals surface area contributed by atoms with Crippen molar-refractivity contribution in [2.75, 3.05) is 11.9 Å². The molecule has 5 atom stereocenters. The number of benzene rings is 1. The van der Waals surface area contributed by atoms with Crippen LogP contribution in [0.3, 0.4) is 0 Å². The fraction of sp³-hybridized carbons (Fsp3) is 0.556. The van der Waals surface area contributed by atoms with E-state index in [1.807, 2.05) is 39.1 Å². The summed E-state index contributed by atoms with van der Waals surface area (Å²) in [7, 11) is 1.83. The molecule has 3 fully saturated rings. The van der Waals surface area contributed by atoms with E-state index >= 15 is 0 Å². The number of hydrogen-bond donors (Lipinski definition) is 0. The van der Waals surface area contributed by atoms with Gasteiger partial charge in [0.15, 0.2) is 0 Å². The molecule has 0 spiro atoms. The summed E-state index contributed by atoms with van der Waals surface area (Å²) in [6.07, 6.45) is 1.92. The number of hydrogen-bond acceptors (Lipinski definition) is 3. The third-order valence-electron chi connectivity index (χ3n) is 5.87. The zero-order valence-corrected chi connectivity index (χ0v) is 13.2. The van der Waals surface area contributed by atoms with Crippen molar-refractivity contribution in [2.45, 2.75) is 32.8 Å². The van der Waals surface area contributed by atoms with Crippen LogP contribution in [0.15, 0.2) is 18.2 Å². The van der Waals surface area contributed by atoms with Gasteiger partial charge in [0.1, 0.15) is 6.10 Å². The number of fused-ring (bicyclic) bond motifs is 1. The van der Waals surface area contributed by atoms with Crippen molar-refractivity contribution in [2.24, 2.45) is 23.7 Å². The van der Waals surface area contributed by atoms with E-state index in [1.54, 1.807) is 4.90 Å². The Kier molecular flexibility index (Phi) is 2.87. The van der Waals surface area contributed by atoms with Crippen LogP contribution < -0.4 is 4.90 Å². The molecule has 0 unspecified atom stereocenters. The van der Waals surface area contributed by atoms with Gasteiger partial charge in [-0.05, 0) is 43.7 Å². The number of carbonyl (C=O) groups excluding carboxylic acids is 2. The van der Waals surface area contributed by atoms with Gasteiger partial charge in [-0.2, -0.15) is 0 Å². The number of anilines is 1. The molecular weight excluding hydrogens is 278 g/mol. The van der Waals surface area contributed by atoms with E-state index in [-0.39, 0.29) is 35.7 Å². The zero-order chi connectivity index (χ0) is 15.6. The van der Waals surface area contributed by atoms with Crippen molar-refractivity contribution < 1.29 is 14.3 Å². The van der Waals surface area contributed by atoms with Crippen LogP contribution in [0.5, 0.6) is 0 Å². The molecule has 1 amide bonds. The molecule has 1 aromatic carbocycles. The molecule has 2 bridgehead atoms. The van der Waals surface area contributed by atoms with Crippen LogP contribution in [-0.4, -0.2) is 25.0 Å². The van der Waals surface area contributed by atoms with E-state index in [0.717, 1.165) is 29.7 Å². The Hall–Kier alpha value is -1.84. The highest BCUT2D eigenvalue weighted by atomic mass is 16.6. The van der Waals surface area contributed by atoms with Gasteiger partial charge in [0.25, 0.3) is 0 Å². The Labute approximate surface area is 130 Å². The van der Waals surface area contributed by atoms with Gasteiger partial charge >= 0.3 is 5.97 Å². The quantitative estimate of drug-likeness (QED) is 0.788. The molecule has 4 heteroatoms. The van der Waals surface area contributed by atoms with Crippen molar-refractivity contribution in [3.8, 4) is 0 Å². The first kappa shape index (κ1) is 13.8. The highest BCUT2D eigenvalue weighted by molar-refractivity contribution is 5.99. The van der Waals surface area contributed by atoms with Crippen molar-refractivity contribution in [3.63, 3.8) is 0 Å². The van der Waals surface area contributed by atoms with Gasteiger partial charge in [-0.25, -0.2) is 0 Å². The average Bonchev–Trinajstić information content (AvgIpc) is 3.07. The van der Waals surface area contributed by atoms with Gasteiger partial charge < -0.3 is 9.64 Å². The van der Waals surface area contributed by atoms with E-state index in [4.69, 9.17) is 4.74 Å². The van der Waals surface area contributed by atoms with E-state index < -0.39 is 0 Å². The Bertz CT molecular complexity index is 646. The van der Waals surface area contributed by atoms with Crippen molar-refractivity contribution in [1.82, 2.24) is 0 Å². The summed E-state index contributed by atoms with van der Waals surface area (Å²) in [5.41, 5.74) is 3.15. The standard InChI is InChI=1S/C18H21NO3/c1-9-5-4-6-10(2)16(9)19(3)17(20)14-11-7-12-13(8-11)22-18(21)15(12)14/h4-6,11-15H,7-8H2,1-3H3/t11-,12+,13-,14+,15-/m0/s1. The monoisotopic (exact) mass is 299 g/mol. The lowest BCUT2D eigenvalue weighted by Gasteiger charge is -2.30. The highest BCUT2D eigenvalue weighted by Gasteiger charge is 2.64. The second-order valence-corrected chi connectivity index (χ2v) is 7.06. The summed E-state index contributed by atoms with van der Waals surface area (Å²) in [6, 6.07) is 6.04. The van der Waals surface area contributed by atoms with Gasteiger partial charge in [0, 0.05) is 18.7 Å². The summed E-state index contributed by atoms with van der Waals surface area (Å²) in [4.78, 5) is 27.0. The van der Waals surface area contributed by atoms with Crippen molar-refractivity contribution >= 4 is 17.6 Å². The molecule has 1 aromatic rings. The minimum atomic E-state index is -0.206. The lowest BCUT2D eigenvalue weighted by Crippen LogP contribution is -2.41. The first-order valence-corrected chi connectivity index (χ1v) is 8.03. The topological polar surface area (TPSA) is 46.6 Å². The molecule has 4 rings (SSSR count). The summed E-state index contributed by atoms with van der Waals surface area (Å²) in [5, 5.41) is 0. The molecule has 1 heterocycles.